The second kappa shape index (κ2) is 4.18. The number of hydrogen-bond acceptors (Lipinski definition) is 3. The van der Waals surface area contributed by atoms with Gasteiger partial charge in [-0.05, 0) is 18.2 Å². The zero-order valence-electron chi connectivity index (χ0n) is 8.05. The van der Waals surface area contributed by atoms with Crippen LogP contribution in [-0.4, -0.2) is 9.55 Å². The van der Waals surface area contributed by atoms with E-state index in [1.807, 2.05) is 6.07 Å². The Kier molecular flexibility index (Phi) is 2.72. The van der Waals surface area contributed by atoms with Gasteiger partial charge in [0.05, 0.1) is 11.3 Å². The third-order valence-corrected chi connectivity index (χ3v) is 2.57. The van der Waals surface area contributed by atoms with Gasteiger partial charge in [-0.3, -0.25) is 4.57 Å². The molecule has 1 aromatic heterocycles. The van der Waals surface area contributed by atoms with Crippen LogP contribution in [0.2, 0.25) is 0 Å². The monoisotopic (exact) mass is 272 g/mol. The third-order valence-electron chi connectivity index (χ3n) is 2.08. The van der Waals surface area contributed by atoms with Crippen LogP contribution in [-0.2, 0) is 0 Å². The predicted octanol–water partition coefficient (Wildman–Crippen LogP) is 2.38. The lowest BCUT2D eigenvalue weighted by Crippen LogP contribution is -1.99. The quantitative estimate of drug-likeness (QED) is 0.801. The van der Waals surface area contributed by atoms with E-state index in [4.69, 9.17) is 10.5 Å². The van der Waals surface area contributed by atoms with Crippen LogP contribution in [0.25, 0.3) is 5.69 Å². The van der Waals surface area contributed by atoms with Gasteiger partial charge in [0.15, 0.2) is 0 Å². The molecule has 0 saturated carbocycles. The molecule has 0 unspecified atom stereocenters. The van der Waals surface area contributed by atoms with Crippen molar-refractivity contribution in [2.45, 2.75) is 0 Å². The summed E-state index contributed by atoms with van der Waals surface area (Å²) < 4.78 is 2.43. The highest BCUT2D eigenvalue weighted by Crippen LogP contribution is 2.20. The molecule has 0 spiro atoms. The van der Waals surface area contributed by atoms with Gasteiger partial charge in [0.2, 0.25) is 5.82 Å². The van der Waals surface area contributed by atoms with E-state index < -0.39 is 0 Å². The Morgan fingerprint density at radius 1 is 1.25 bits per heavy atom. The lowest BCUT2D eigenvalue weighted by Gasteiger charge is -2.06. The van der Waals surface area contributed by atoms with Gasteiger partial charge < -0.3 is 0 Å². The van der Waals surface area contributed by atoms with Crippen molar-refractivity contribution in [2.24, 2.45) is 0 Å². The average molecular weight is 273 g/mol. The van der Waals surface area contributed by atoms with E-state index in [0.717, 1.165) is 4.47 Å². The third kappa shape index (κ3) is 1.69. The molecule has 0 bridgehead atoms. The first-order valence-corrected chi connectivity index (χ1v) is 5.19. The van der Waals surface area contributed by atoms with Crippen LogP contribution < -0.4 is 0 Å². The summed E-state index contributed by atoms with van der Waals surface area (Å²) in [5.74, 6) is 0.259. The van der Waals surface area contributed by atoms with Crippen molar-refractivity contribution < 1.29 is 0 Å². The van der Waals surface area contributed by atoms with Gasteiger partial charge in [0.25, 0.3) is 0 Å². The van der Waals surface area contributed by atoms with Crippen LogP contribution in [0.15, 0.2) is 35.1 Å². The molecule has 0 aliphatic carbocycles. The summed E-state index contributed by atoms with van der Waals surface area (Å²) in [5.41, 5.74) is 1.14. The Bertz CT molecular complexity index is 616. The first-order valence-electron chi connectivity index (χ1n) is 4.39. The van der Waals surface area contributed by atoms with E-state index in [1.165, 1.54) is 6.20 Å². The molecule has 2 aromatic rings. The normalized spacial score (nSPS) is 9.44. The topological polar surface area (TPSA) is 65.4 Å². The van der Waals surface area contributed by atoms with Crippen LogP contribution in [0.5, 0.6) is 0 Å². The van der Waals surface area contributed by atoms with Crippen LogP contribution >= 0.6 is 15.9 Å². The summed E-state index contributed by atoms with van der Waals surface area (Å²) in [4.78, 5) is 3.89. The number of halogens is 1. The maximum atomic E-state index is 8.99. The first kappa shape index (κ1) is 10.4. The molecule has 0 N–H and O–H groups in total. The molecule has 0 fully saturated rings. The molecule has 0 aliphatic rings. The van der Waals surface area contributed by atoms with Crippen molar-refractivity contribution in [3.8, 4) is 17.8 Å². The van der Waals surface area contributed by atoms with E-state index in [-0.39, 0.29) is 5.82 Å². The van der Waals surface area contributed by atoms with Gasteiger partial charge in [-0.25, -0.2) is 4.98 Å². The zero-order chi connectivity index (χ0) is 11.5. The molecule has 0 atom stereocenters. The van der Waals surface area contributed by atoms with Crippen molar-refractivity contribution in [3.63, 3.8) is 0 Å². The molecule has 0 aliphatic heterocycles. The van der Waals surface area contributed by atoms with Crippen LogP contribution in [0.4, 0.5) is 0 Å². The molecule has 1 aromatic carbocycles. The highest BCUT2D eigenvalue weighted by Gasteiger charge is 2.09. The molecular weight excluding hydrogens is 268 g/mol. The van der Waals surface area contributed by atoms with Crippen molar-refractivity contribution in [1.82, 2.24) is 9.55 Å². The molecule has 2 rings (SSSR count). The Balaban J connectivity index is 2.70. The number of hydrogen-bond donors (Lipinski definition) is 0. The Morgan fingerprint density at radius 3 is 2.75 bits per heavy atom. The minimum absolute atomic E-state index is 0.259. The number of rotatable bonds is 1. The van der Waals surface area contributed by atoms with Crippen molar-refractivity contribution >= 4 is 15.9 Å². The summed E-state index contributed by atoms with van der Waals surface area (Å²) >= 11 is 3.33. The molecule has 5 heteroatoms. The maximum Gasteiger partial charge on any atom is 0.217 e. The van der Waals surface area contributed by atoms with Gasteiger partial charge in [-0.1, -0.05) is 15.9 Å². The van der Waals surface area contributed by atoms with Gasteiger partial charge in [0, 0.05) is 16.9 Å². The van der Waals surface area contributed by atoms with E-state index in [0.29, 0.717) is 11.3 Å². The fourth-order valence-electron chi connectivity index (χ4n) is 1.38. The Labute approximate surface area is 101 Å². The maximum absolute atomic E-state index is 8.99. The minimum atomic E-state index is 0.259. The highest BCUT2D eigenvalue weighted by atomic mass is 79.9. The van der Waals surface area contributed by atoms with Gasteiger partial charge in [0.1, 0.15) is 12.1 Å². The summed E-state index contributed by atoms with van der Waals surface area (Å²) in [6.45, 7) is 0. The number of benzene rings is 1. The molecule has 0 saturated heterocycles. The van der Waals surface area contributed by atoms with E-state index in [2.05, 4.69) is 27.0 Å². The summed E-state index contributed by atoms with van der Waals surface area (Å²) in [7, 11) is 0. The Hall–Kier alpha value is -2.11. The fourth-order valence-corrected chi connectivity index (χ4v) is 1.73. The minimum Gasteiger partial charge on any atom is -0.290 e. The van der Waals surface area contributed by atoms with Gasteiger partial charge >= 0.3 is 0 Å². The van der Waals surface area contributed by atoms with E-state index in [1.54, 1.807) is 29.0 Å². The number of nitriles is 2. The second-order valence-electron chi connectivity index (χ2n) is 3.01. The molecule has 1 heterocycles. The zero-order valence-corrected chi connectivity index (χ0v) is 9.64. The van der Waals surface area contributed by atoms with Crippen LogP contribution in [0.1, 0.15) is 11.4 Å². The van der Waals surface area contributed by atoms with Crippen LogP contribution in [0.3, 0.4) is 0 Å². The molecule has 4 nitrogen and oxygen atoms in total. The smallest absolute Gasteiger partial charge is 0.217 e. The molecule has 0 amide bonds. The van der Waals surface area contributed by atoms with Crippen LogP contribution in [0, 0.1) is 22.7 Å². The van der Waals surface area contributed by atoms with E-state index >= 15 is 0 Å². The number of imidazole rings is 1. The average Bonchev–Trinajstić information content (AvgIpc) is 2.76. The van der Waals surface area contributed by atoms with Crippen molar-refractivity contribution in [3.05, 3.63) is 46.5 Å². The predicted molar refractivity (Wildman–Crippen MR) is 60.7 cm³/mol. The van der Waals surface area contributed by atoms with Crippen molar-refractivity contribution in [1.29, 1.82) is 10.5 Å². The standard InChI is InChI=1S/C11H5BrN4/c12-9-2-1-8(6-13)10(5-9)16-4-3-15-11(16)7-14/h1-5H. The van der Waals surface area contributed by atoms with Gasteiger partial charge in [-0.15, -0.1) is 0 Å². The lowest BCUT2D eigenvalue weighted by atomic mass is 10.2. The molecule has 16 heavy (non-hydrogen) atoms. The van der Waals surface area contributed by atoms with Crippen molar-refractivity contribution in [2.75, 3.05) is 0 Å². The largest absolute Gasteiger partial charge is 0.290 e. The number of nitrogens with zero attached hydrogens (tertiary/aromatic N) is 4. The second-order valence-corrected chi connectivity index (χ2v) is 3.92. The molecule has 0 radical (unpaired) electrons. The fraction of sp³-hybridized carbons (Fsp3) is 0. The van der Waals surface area contributed by atoms with Gasteiger partial charge in [-0.2, -0.15) is 10.5 Å². The molecule has 76 valence electrons. The first-order chi connectivity index (χ1) is 7.76. The molecular formula is C11H5BrN4. The van der Waals surface area contributed by atoms with E-state index in [9.17, 15) is 0 Å². The lowest BCUT2D eigenvalue weighted by molar-refractivity contribution is 1.01. The summed E-state index contributed by atoms with van der Waals surface area (Å²) in [6.07, 6.45) is 3.18. The number of aromatic nitrogens is 2. The summed E-state index contributed by atoms with van der Waals surface area (Å²) in [6, 6.07) is 9.31. The summed E-state index contributed by atoms with van der Waals surface area (Å²) in [5, 5.41) is 17.9. The SMILES string of the molecule is N#Cc1ccc(Br)cc1-n1ccnc1C#N. The highest BCUT2D eigenvalue weighted by molar-refractivity contribution is 9.10. The Morgan fingerprint density at radius 2 is 2.06 bits per heavy atom.